The summed E-state index contributed by atoms with van der Waals surface area (Å²) < 4.78 is 6.05. The fraction of sp³-hybridized carbons (Fsp3) is 0.0345. The molecule has 33 heavy (non-hydrogen) atoms. The van der Waals surface area contributed by atoms with Gasteiger partial charge in [-0.15, -0.1) is 53.6 Å². The van der Waals surface area contributed by atoms with Crippen LogP contribution in [0.3, 0.4) is 0 Å². The Morgan fingerprint density at radius 3 is 2.12 bits per heavy atom. The van der Waals surface area contributed by atoms with E-state index in [1.807, 2.05) is 84.9 Å². The van der Waals surface area contributed by atoms with Gasteiger partial charge in [0.2, 0.25) is 0 Å². The number of benzene rings is 3. The van der Waals surface area contributed by atoms with Crippen LogP contribution in [0.1, 0.15) is 5.56 Å². The molecule has 0 aliphatic heterocycles. The fourth-order valence-electron chi connectivity index (χ4n) is 3.71. The van der Waals surface area contributed by atoms with Crippen molar-refractivity contribution < 1.29 is 24.5 Å². The van der Waals surface area contributed by atoms with Gasteiger partial charge >= 0.3 is 0 Å². The molecule has 3 heterocycles. The number of rotatable bonds is 2. The number of hydrogen-bond donors (Lipinski definition) is 0. The first-order chi connectivity index (χ1) is 15.8. The number of fused-ring (bicyclic) bond motifs is 3. The minimum absolute atomic E-state index is 0. The molecule has 3 nitrogen and oxygen atoms in total. The molecule has 0 aliphatic carbocycles. The van der Waals surface area contributed by atoms with Gasteiger partial charge in [0.25, 0.3) is 0 Å². The summed E-state index contributed by atoms with van der Waals surface area (Å²) in [6, 6.07) is 36.1. The standard InChI is InChI=1S/C18H12NO.C11H8N.Ir/c1-12-9-10-13(15-7-4-5-11-19-15)18-17(12)14-6-2-3-8-16(14)20-18;1-2-6-10(7-3-1)11-8-4-5-9-12-11;/h2-9,11H,1H3;1-6,8-9H;/q2*-1;. The van der Waals surface area contributed by atoms with Gasteiger partial charge in [-0.3, -0.25) is 0 Å². The second kappa shape index (κ2) is 10.4. The van der Waals surface area contributed by atoms with Crippen LogP contribution < -0.4 is 0 Å². The van der Waals surface area contributed by atoms with Gasteiger partial charge in [-0.2, -0.15) is 0 Å². The SMILES string of the molecule is Cc1c[c-]c(-c2ccccn2)c2oc3ccccc3c12.[Ir].[c-]1ccccc1-c1ccccn1. The Labute approximate surface area is 206 Å². The molecule has 6 rings (SSSR count). The third kappa shape index (κ3) is 4.78. The summed E-state index contributed by atoms with van der Waals surface area (Å²) in [7, 11) is 0. The molecule has 0 saturated heterocycles. The number of para-hydroxylation sites is 1. The number of hydrogen-bond acceptors (Lipinski definition) is 3. The van der Waals surface area contributed by atoms with Crippen molar-refractivity contribution in [1.82, 2.24) is 9.97 Å². The Morgan fingerprint density at radius 2 is 1.42 bits per heavy atom. The molecular weight excluding hydrogens is 585 g/mol. The monoisotopic (exact) mass is 605 g/mol. The predicted octanol–water partition coefficient (Wildman–Crippen LogP) is 7.30. The predicted molar refractivity (Wildman–Crippen MR) is 129 cm³/mol. The van der Waals surface area contributed by atoms with E-state index in [1.54, 1.807) is 12.4 Å². The molecule has 6 aromatic rings. The molecule has 3 aromatic heterocycles. The van der Waals surface area contributed by atoms with Gasteiger partial charge in [0.15, 0.2) is 0 Å². The van der Waals surface area contributed by atoms with Crippen molar-refractivity contribution in [1.29, 1.82) is 0 Å². The summed E-state index contributed by atoms with van der Waals surface area (Å²) in [6.45, 7) is 2.09. The van der Waals surface area contributed by atoms with Crippen LogP contribution >= 0.6 is 0 Å². The largest absolute Gasteiger partial charge is 0.501 e. The molecule has 0 fully saturated rings. The maximum Gasteiger partial charge on any atom is 0.120 e. The third-order valence-corrected chi connectivity index (χ3v) is 5.22. The number of pyridine rings is 2. The van der Waals surface area contributed by atoms with Crippen molar-refractivity contribution in [3.05, 3.63) is 121 Å². The molecule has 163 valence electrons. The van der Waals surface area contributed by atoms with Gasteiger partial charge < -0.3 is 14.4 Å². The Kier molecular flexibility index (Phi) is 7.09. The first-order valence-corrected chi connectivity index (χ1v) is 10.4. The van der Waals surface area contributed by atoms with E-state index in [9.17, 15) is 0 Å². The molecule has 4 heteroatoms. The van der Waals surface area contributed by atoms with E-state index in [2.05, 4.69) is 35.1 Å². The van der Waals surface area contributed by atoms with Gasteiger partial charge in [0.05, 0.1) is 5.58 Å². The Bertz CT molecular complexity index is 1430. The van der Waals surface area contributed by atoms with Crippen LogP contribution in [0.2, 0.25) is 0 Å². The molecular formula is C29H20IrN2O-2. The molecule has 0 saturated carbocycles. The van der Waals surface area contributed by atoms with Crippen LogP contribution in [0, 0.1) is 19.1 Å². The average Bonchev–Trinajstić information content (AvgIpc) is 3.27. The van der Waals surface area contributed by atoms with E-state index in [1.165, 1.54) is 5.56 Å². The third-order valence-electron chi connectivity index (χ3n) is 5.22. The van der Waals surface area contributed by atoms with Crippen molar-refractivity contribution >= 4 is 21.9 Å². The number of aromatic nitrogens is 2. The van der Waals surface area contributed by atoms with E-state index in [4.69, 9.17) is 4.42 Å². The van der Waals surface area contributed by atoms with Gasteiger partial charge in [-0.1, -0.05) is 60.3 Å². The molecule has 1 radical (unpaired) electrons. The summed E-state index contributed by atoms with van der Waals surface area (Å²) in [5, 5.41) is 2.30. The zero-order chi connectivity index (χ0) is 21.8. The Balaban J connectivity index is 0.000000172. The fourth-order valence-corrected chi connectivity index (χ4v) is 3.71. The first-order valence-electron chi connectivity index (χ1n) is 10.4. The van der Waals surface area contributed by atoms with Crippen LogP contribution in [0.15, 0.2) is 108 Å². The van der Waals surface area contributed by atoms with Crippen LogP contribution in [0.4, 0.5) is 0 Å². The smallest absolute Gasteiger partial charge is 0.120 e. The molecule has 0 amide bonds. The van der Waals surface area contributed by atoms with E-state index in [-0.39, 0.29) is 20.1 Å². The van der Waals surface area contributed by atoms with Gasteiger partial charge in [0, 0.05) is 37.9 Å². The minimum atomic E-state index is 0. The van der Waals surface area contributed by atoms with Crippen molar-refractivity contribution in [2.75, 3.05) is 0 Å². The summed E-state index contributed by atoms with van der Waals surface area (Å²) in [6.07, 6.45) is 3.58. The molecule has 0 aliphatic rings. The zero-order valence-electron chi connectivity index (χ0n) is 18.0. The molecule has 0 bridgehead atoms. The maximum absolute atomic E-state index is 6.05. The van der Waals surface area contributed by atoms with Crippen LogP contribution in [0.5, 0.6) is 0 Å². The number of nitrogens with zero attached hydrogens (tertiary/aromatic N) is 2. The normalized spacial score (nSPS) is 10.3. The zero-order valence-corrected chi connectivity index (χ0v) is 20.3. The molecule has 0 unspecified atom stereocenters. The quantitative estimate of drug-likeness (QED) is 0.195. The number of furan rings is 1. The molecule has 0 N–H and O–H groups in total. The summed E-state index contributed by atoms with van der Waals surface area (Å²) in [4.78, 5) is 8.63. The second-order valence-electron chi connectivity index (χ2n) is 7.36. The van der Waals surface area contributed by atoms with Crippen LogP contribution in [-0.2, 0) is 20.1 Å². The summed E-state index contributed by atoms with van der Waals surface area (Å²) >= 11 is 0. The van der Waals surface area contributed by atoms with E-state index < -0.39 is 0 Å². The topological polar surface area (TPSA) is 38.9 Å². The van der Waals surface area contributed by atoms with Crippen LogP contribution in [0.25, 0.3) is 44.5 Å². The Hall–Kier alpha value is -3.59. The van der Waals surface area contributed by atoms with Crippen molar-refractivity contribution in [3.8, 4) is 22.5 Å². The van der Waals surface area contributed by atoms with Crippen molar-refractivity contribution in [2.45, 2.75) is 6.92 Å². The van der Waals surface area contributed by atoms with Crippen molar-refractivity contribution in [3.63, 3.8) is 0 Å². The first kappa shape index (κ1) is 22.6. The van der Waals surface area contributed by atoms with Crippen LogP contribution in [-0.4, -0.2) is 9.97 Å². The van der Waals surface area contributed by atoms with E-state index in [0.717, 1.165) is 44.5 Å². The Morgan fingerprint density at radius 1 is 0.727 bits per heavy atom. The van der Waals surface area contributed by atoms with Gasteiger partial charge in [-0.25, -0.2) is 0 Å². The summed E-state index contributed by atoms with van der Waals surface area (Å²) in [5.41, 5.74) is 6.76. The summed E-state index contributed by atoms with van der Waals surface area (Å²) in [5.74, 6) is 0. The second-order valence-corrected chi connectivity index (χ2v) is 7.36. The van der Waals surface area contributed by atoms with E-state index in [0.29, 0.717) is 0 Å². The van der Waals surface area contributed by atoms with Gasteiger partial charge in [0.1, 0.15) is 5.58 Å². The molecule has 0 atom stereocenters. The molecule has 0 spiro atoms. The minimum Gasteiger partial charge on any atom is -0.501 e. The van der Waals surface area contributed by atoms with Crippen molar-refractivity contribution in [2.24, 2.45) is 0 Å². The number of aryl methyl sites for hydroxylation is 1. The molecule has 3 aromatic carbocycles. The maximum atomic E-state index is 6.05. The van der Waals surface area contributed by atoms with E-state index >= 15 is 0 Å². The van der Waals surface area contributed by atoms with Gasteiger partial charge in [-0.05, 0) is 29.6 Å². The average molecular weight is 605 g/mol.